The zero-order valence-corrected chi connectivity index (χ0v) is 13.0. The number of benzene rings is 1. The summed E-state index contributed by atoms with van der Waals surface area (Å²) in [4.78, 5) is 14.4. The van der Waals surface area contributed by atoms with Gasteiger partial charge in [-0.1, -0.05) is 43.2 Å². The predicted octanol–water partition coefficient (Wildman–Crippen LogP) is 2.63. The smallest absolute Gasteiger partial charge is 0.229 e. The third-order valence-corrected chi connectivity index (χ3v) is 4.33. The van der Waals surface area contributed by atoms with Gasteiger partial charge in [0.2, 0.25) is 5.91 Å². The molecule has 112 valence electrons. The Morgan fingerprint density at radius 2 is 1.85 bits per heavy atom. The van der Waals surface area contributed by atoms with Crippen molar-refractivity contribution in [2.45, 2.75) is 32.1 Å². The molecule has 20 heavy (non-hydrogen) atoms. The van der Waals surface area contributed by atoms with E-state index in [2.05, 4.69) is 12.1 Å². The van der Waals surface area contributed by atoms with E-state index >= 15 is 0 Å². The zero-order chi connectivity index (χ0) is 13.7. The molecular weight excluding hydrogens is 272 g/mol. The van der Waals surface area contributed by atoms with Gasteiger partial charge >= 0.3 is 0 Å². The second kappa shape index (κ2) is 7.65. The van der Waals surface area contributed by atoms with E-state index in [0.717, 1.165) is 38.6 Å². The molecule has 1 aliphatic rings. The molecule has 0 aromatic heterocycles. The Balaban J connectivity index is 0.00000200. The van der Waals surface area contributed by atoms with Crippen LogP contribution in [0.3, 0.4) is 0 Å². The normalized spacial score (nSPS) is 16.5. The van der Waals surface area contributed by atoms with Crippen LogP contribution in [0.5, 0.6) is 0 Å². The second-order valence-electron chi connectivity index (χ2n) is 5.65. The van der Waals surface area contributed by atoms with Crippen LogP contribution in [0.25, 0.3) is 0 Å². The summed E-state index contributed by atoms with van der Waals surface area (Å²) in [6.45, 7) is 1.26. The summed E-state index contributed by atoms with van der Waals surface area (Å²) >= 11 is 0. The molecule has 0 radical (unpaired) electrons. The Morgan fingerprint density at radius 1 is 1.25 bits per heavy atom. The maximum atomic E-state index is 12.6. The molecule has 1 amide bonds. The molecule has 0 saturated heterocycles. The fraction of sp³-hybridized carbons (Fsp3) is 0.562. The van der Waals surface area contributed by atoms with Gasteiger partial charge in [-0.2, -0.15) is 0 Å². The van der Waals surface area contributed by atoms with Crippen molar-refractivity contribution in [3.63, 3.8) is 0 Å². The van der Waals surface area contributed by atoms with Crippen LogP contribution in [0.1, 0.15) is 31.2 Å². The summed E-state index contributed by atoms with van der Waals surface area (Å²) in [5.41, 5.74) is 6.87. The van der Waals surface area contributed by atoms with Gasteiger partial charge in [-0.3, -0.25) is 4.79 Å². The first-order chi connectivity index (χ1) is 9.18. The Bertz CT molecular complexity index is 416. The SMILES string of the molecule is CN(CCc1ccccc1)C(=O)C1(CN)CCCC1.Cl. The highest BCUT2D eigenvalue weighted by Crippen LogP contribution is 2.38. The van der Waals surface area contributed by atoms with Crippen molar-refractivity contribution in [2.75, 3.05) is 20.1 Å². The first kappa shape index (κ1) is 17.0. The van der Waals surface area contributed by atoms with Crippen LogP contribution < -0.4 is 5.73 Å². The topological polar surface area (TPSA) is 46.3 Å². The number of rotatable bonds is 5. The van der Waals surface area contributed by atoms with Crippen molar-refractivity contribution in [3.8, 4) is 0 Å². The number of hydrogen-bond acceptors (Lipinski definition) is 2. The maximum Gasteiger partial charge on any atom is 0.229 e. The standard InChI is InChI=1S/C16H24N2O.ClH/c1-18(12-9-14-7-3-2-4-8-14)15(19)16(13-17)10-5-6-11-16;/h2-4,7-8H,5-6,9-13,17H2,1H3;1H. The molecule has 2 N–H and O–H groups in total. The number of nitrogens with two attached hydrogens (primary N) is 1. The number of likely N-dealkylation sites (N-methyl/N-ethyl adjacent to an activating group) is 1. The Hall–Kier alpha value is -1.06. The molecule has 1 aromatic rings. The molecular formula is C16H25ClN2O. The van der Waals surface area contributed by atoms with Crippen LogP contribution in [0, 0.1) is 5.41 Å². The lowest BCUT2D eigenvalue weighted by Crippen LogP contribution is -2.45. The molecule has 0 heterocycles. The van der Waals surface area contributed by atoms with Crippen molar-refractivity contribution >= 4 is 18.3 Å². The summed E-state index contributed by atoms with van der Waals surface area (Å²) in [5.74, 6) is 0.239. The van der Waals surface area contributed by atoms with Gasteiger partial charge in [0.1, 0.15) is 0 Å². The molecule has 4 heteroatoms. The Morgan fingerprint density at radius 3 is 2.40 bits per heavy atom. The quantitative estimate of drug-likeness (QED) is 0.908. The van der Waals surface area contributed by atoms with E-state index in [9.17, 15) is 4.79 Å². The highest BCUT2D eigenvalue weighted by Gasteiger charge is 2.41. The lowest BCUT2D eigenvalue weighted by atomic mass is 9.84. The number of amides is 1. The van der Waals surface area contributed by atoms with Crippen LogP contribution in [-0.4, -0.2) is 30.9 Å². The van der Waals surface area contributed by atoms with Crippen LogP contribution in [0.2, 0.25) is 0 Å². The van der Waals surface area contributed by atoms with Gasteiger partial charge in [-0.05, 0) is 24.8 Å². The second-order valence-corrected chi connectivity index (χ2v) is 5.65. The molecule has 0 atom stereocenters. The molecule has 0 unspecified atom stereocenters. The highest BCUT2D eigenvalue weighted by atomic mass is 35.5. The first-order valence-electron chi connectivity index (χ1n) is 7.17. The van der Waals surface area contributed by atoms with Crippen LogP contribution in [0.15, 0.2) is 30.3 Å². The maximum absolute atomic E-state index is 12.6. The van der Waals surface area contributed by atoms with Crippen molar-refractivity contribution in [1.82, 2.24) is 4.90 Å². The van der Waals surface area contributed by atoms with Gasteiger partial charge < -0.3 is 10.6 Å². The molecule has 1 aromatic carbocycles. The van der Waals surface area contributed by atoms with E-state index in [4.69, 9.17) is 5.73 Å². The summed E-state index contributed by atoms with van der Waals surface area (Å²) < 4.78 is 0. The third-order valence-electron chi connectivity index (χ3n) is 4.33. The summed E-state index contributed by atoms with van der Waals surface area (Å²) in [6, 6.07) is 10.3. The van der Waals surface area contributed by atoms with E-state index in [1.807, 2.05) is 30.1 Å². The molecule has 2 rings (SSSR count). The van der Waals surface area contributed by atoms with Crippen LogP contribution >= 0.6 is 12.4 Å². The summed E-state index contributed by atoms with van der Waals surface area (Å²) in [5, 5.41) is 0. The fourth-order valence-corrected chi connectivity index (χ4v) is 3.00. The molecule has 1 aliphatic carbocycles. The average Bonchev–Trinajstić information content (AvgIpc) is 2.95. The monoisotopic (exact) mass is 296 g/mol. The van der Waals surface area contributed by atoms with Gasteiger partial charge in [-0.15, -0.1) is 12.4 Å². The largest absolute Gasteiger partial charge is 0.345 e. The van der Waals surface area contributed by atoms with E-state index in [1.54, 1.807) is 0 Å². The molecule has 0 aliphatic heterocycles. The van der Waals surface area contributed by atoms with E-state index in [1.165, 1.54) is 5.56 Å². The van der Waals surface area contributed by atoms with E-state index < -0.39 is 0 Å². The first-order valence-corrected chi connectivity index (χ1v) is 7.17. The Kier molecular flexibility index (Phi) is 6.50. The average molecular weight is 297 g/mol. The fourth-order valence-electron chi connectivity index (χ4n) is 3.00. The summed E-state index contributed by atoms with van der Waals surface area (Å²) in [7, 11) is 1.90. The lowest BCUT2D eigenvalue weighted by Gasteiger charge is -2.31. The van der Waals surface area contributed by atoms with Crippen molar-refractivity contribution in [1.29, 1.82) is 0 Å². The minimum absolute atomic E-state index is 0. The minimum atomic E-state index is -0.272. The highest BCUT2D eigenvalue weighted by molar-refractivity contribution is 5.85. The number of nitrogens with zero attached hydrogens (tertiary/aromatic N) is 1. The molecule has 0 spiro atoms. The third kappa shape index (κ3) is 3.74. The van der Waals surface area contributed by atoms with Gasteiger partial charge in [0.15, 0.2) is 0 Å². The zero-order valence-electron chi connectivity index (χ0n) is 12.2. The minimum Gasteiger partial charge on any atom is -0.345 e. The Labute approximate surface area is 127 Å². The molecule has 1 saturated carbocycles. The van der Waals surface area contributed by atoms with Crippen LogP contribution in [0.4, 0.5) is 0 Å². The van der Waals surface area contributed by atoms with Crippen molar-refractivity contribution < 1.29 is 4.79 Å². The van der Waals surface area contributed by atoms with E-state index in [0.29, 0.717) is 6.54 Å². The van der Waals surface area contributed by atoms with Crippen molar-refractivity contribution in [3.05, 3.63) is 35.9 Å². The van der Waals surface area contributed by atoms with Gasteiger partial charge in [-0.25, -0.2) is 0 Å². The van der Waals surface area contributed by atoms with Gasteiger partial charge in [0, 0.05) is 20.1 Å². The van der Waals surface area contributed by atoms with Crippen molar-refractivity contribution in [2.24, 2.45) is 11.1 Å². The van der Waals surface area contributed by atoms with E-state index in [-0.39, 0.29) is 23.7 Å². The number of carbonyl (C=O) groups excluding carboxylic acids is 1. The molecule has 0 bridgehead atoms. The number of carbonyl (C=O) groups is 1. The van der Waals surface area contributed by atoms with Gasteiger partial charge in [0.05, 0.1) is 5.41 Å². The van der Waals surface area contributed by atoms with Gasteiger partial charge in [0.25, 0.3) is 0 Å². The number of halogens is 1. The lowest BCUT2D eigenvalue weighted by molar-refractivity contribution is -0.140. The predicted molar refractivity (Wildman–Crippen MR) is 85.0 cm³/mol. The van der Waals surface area contributed by atoms with Crippen LogP contribution in [-0.2, 0) is 11.2 Å². The molecule has 3 nitrogen and oxygen atoms in total. The molecule has 1 fully saturated rings. The number of hydrogen-bond donors (Lipinski definition) is 1. The summed E-state index contributed by atoms with van der Waals surface area (Å²) in [6.07, 6.45) is 5.09.